The molecule has 4 heteroatoms. The van der Waals surface area contributed by atoms with E-state index in [1.54, 1.807) is 0 Å². The average Bonchev–Trinajstić information content (AvgIpc) is 3.27. The molecule has 0 bridgehead atoms. The molecule has 0 spiro atoms. The van der Waals surface area contributed by atoms with E-state index in [0.717, 1.165) is 24.9 Å². The Morgan fingerprint density at radius 1 is 1.38 bits per heavy atom. The molecule has 1 aromatic rings. The fourth-order valence-corrected chi connectivity index (χ4v) is 2.74. The molecule has 1 fully saturated rings. The lowest BCUT2D eigenvalue weighted by atomic mass is 9.89. The molecular formula is C17H26N2O2. The van der Waals surface area contributed by atoms with Gasteiger partial charge in [-0.2, -0.15) is 0 Å². The van der Waals surface area contributed by atoms with Crippen molar-refractivity contribution in [2.24, 2.45) is 5.73 Å². The molecule has 4 nitrogen and oxygen atoms in total. The first-order valence-corrected chi connectivity index (χ1v) is 7.86. The third kappa shape index (κ3) is 4.29. The van der Waals surface area contributed by atoms with Crippen molar-refractivity contribution in [3.63, 3.8) is 0 Å². The summed E-state index contributed by atoms with van der Waals surface area (Å²) in [4.78, 5) is 11.6. The monoisotopic (exact) mass is 290 g/mol. The number of hydrogen-bond acceptors (Lipinski definition) is 3. The lowest BCUT2D eigenvalue weighted by Crippen LogP contribution is -2.25. The van der Waals surface area contributed by atoms with E-state index >= 15 is 0 Å². The number of nitrogens with two attached hydrogens (primary N) is 1. The Morgan fingerprint density at radius 2 is 2.05 bits per heavy atom. The van der Waals surface area contributed by atoms with E-state index in [2.05, 4.69) is 17.4 Å². The lowest BCUT2D eigenvalue weighted by Gasteiger charge is -2.18. The summed E-state index contributed by atoms with van der Waals surface area (Å²) in [5, 5.41) is 11.9. The normalized spacial score (nSPS) is 17.3. The number of hydrogen-bond donors (Lipinski definition) is 3. The van der Waals surface area contributed by atoms with Gasteiger partial charge in [0.05, 0.1) is 6.61 Å². The number of nitrogens with one attached hydrogen (secondary N) is 1. The first-order chi connectivity index (χ1) is 10.1. The van der Waals surface area contributed by atoms with Crippen LogP contribution in [0.15, 0.2) is 24.3 Å². The molecule has 0 aliphatic heterocycles. The number of amides is 1. The second-order valence-electron chi connectivity index (χ2n) is 6.14. The summed E-state index contributed by atoms with van der Waals surface area (Å²) >= 11 is 0. The van der Waals surface area contributed by atoms with Crippen LogP contribution in [0.1, 0.15) is 51.0 Å². The predicted octanol–water partition coefficient (Wildman–Crippen LogP) is 2.56. The zero-order valence-corrected chi connectivity index (χ0v) is 12.8. The third-order valence-electron chi connectivity index (χ3n) is 4.34. The van der Waals surface area contributed by atoms with Crippen molar-refractivity contribution in [2.45, 2.75) is 56.9 Å². The topological polar surface area (TPSA) is 75.4 Å². The fraction of sp³-hybridized carbons (Fsp3) is 0.588. The van der Waals surface area contributed by atoms with Gasteiger partial charge in [-0.25, -0.2) is 0 Å². The highest BCUT2D eigenvalue weighted by molar-refractivity contribution is 5.90. The molecule has 0 heterocycles. The van der Waals surface area contributed by atoms with E-state index in [4.69, 9.17) is 10.8 Å². The minimum Gasteiger partial charge on any atom is -0.395 e. The minimum atomic E-state index is -0.116. The van der Waals surface area contributed by atoms with E-state index < -0.39 is 0 Å². The molecule has 1 unspecified atom stereocenters. The standard InChI is InChI=1S/C17H26N2O2/c1-2-3-16(21)19-15-6-4-13(5-7-15)17(10-11-17)9-8-14(18)12-20/h4-7,14,20H,2-3,8-12,18H2,1H3,(H,19,21). The molecule has 116 valence electrons. The predicted molar refractivity (Wildman–Crippen MR) is 85.2 cm³/mol. The largest absolute Gasteiger partial charge is 0.395 e. The Hall–Kier alpha value is -1.39. The Morgan fingerprint density at radius 3 is 2.57 bits per heavy atom. The molecule has 1 aromatic carbocycles. The maximum absolute atomic E-state index is 11.6. The van der Waals surface area contributed by atoms with Gasteiger partial charge in [-0.05, 0) is 55.2 Å². The van der Waals surface area contributed by atoms with Gasteiger partial charge in [0.1, 0.15) is 0 Å². The van der Waals surface area contributed by atoms with Crippen molar-refractivity contribution in [1.29, 1.82) is 0 Å². The maximum Gasteiger partial charge on any atom is 0.224 e. The van der Waals surface area contributed by atoms with Crippen LogP contribution in [0.4, 0.5) is 5.69 Å². The van der Waals surface area contributed by atoms with Crippen molar-refractivity contribution < 1.29 is 9.90 Å². The summed E-state index contributed by atoms with van der Waals surface area (Å²) in [6.45, 7) is 2.05. The van der Waals surface area contributed by atoms with Gasteiger partial charge in [0.25, 0.3) is 0 Å². The number of aliphatic hydroxyl groups is 1. The molecular weight excluding hydrogens is 264 g/mol. The Bertz CT molecular complexity index is 466. The summed E-state index contributed by atoms with van der Waals surface area (Å²) in [7, 11) is 0. The van der Waals surface area contributed by atoms with Gasteiger partial charge in [0.15, 0.2) is 0 Å². The fourth-order valence-electron chi connectivity index (χ4n) is 2.74. The van der Waals surface area contributed by atoms with Gasteiger partial charge >= 0.3 is 0 Å². The number of carbonyl (C=O) groups is 1. The molecule has 1 aliphatic carbocycles. The number of rotatable bonds is 8. The molecule has 1 amide bonds. The molecule has 2 rings (SSSR count). The zero-order valence-electron chi connectivity index (χ0n) is 12.8. The summed E-state index contributed by atoms with van der Waals surface area (Å²) < 4.78 is 0. The number of anilines is 1. The smallest absolute Gasteiger partial charge is 0.224 e. The average molecular weight is 290 g/mol. The summed E-state index contributed by atoms with van der Waals surface area (Å²) in [6.07, 6.45) is 5.67. The number of carbonyl (C=O) groups excluding carboxylic acids is 1. The number of aliphatic hydroxyl groups excluding tert-OH is 1. The maximum atomic E-state index is 11.6. The van der Waals surface area contributed by atoms with Crippen molar-refractivity contribution in [2.75, 3.05) is 11.9 Å². The highest BCUT2D eigenvalue weighted by Gasteiger charge is 2.43. The van der Waals surface area contributed by atoms with Crippen molar-refractivity contribution in [3.8, 4) is 0 Å². The molecule has 0 radical (unpaired) electrons. The first-order valence-electron chi connectivity index (χ1n) is 7.86. The Labute approximate surface area is 126 Å². The SMILES string of the molecule is CCCC(=O)Nc1ccc(C2(CCC(N)CO)CC2)cc1. The van der Waals surface area contributed by atoms with Crippen LogP contribution in [0.5, 0.6) is 0 Å². The lowest BCUT2D eigenvalue weighted by molar-refractivity contribution is -0.116. The van der Waals surface area contributed by atoms with Crippen LogP contribution in [0.3, 0.4) is 0 Å². The van der Waals surface area contributed by atoms with Crippen LogP contribution < -0.4 is 11.1 Å². The van der Waals surface area contributed by atoms with Crippen molar-refractivity contribution in [1.82, 2.24) is 0 Å². The second-order valence-corrected chi connectivity index (χ2v) is 6.14. The summed E-state index contributed by atoms with van der Waals surface area (Å²) in [5.41, 5.74) is 8.23. The highest BCUT2D eigenvalue weighted by atomic mass is 16.3. The number of benzene rings is 1. The summed E-state index contributed by atoms with van der Waals surface area (Å²) in [6, 6.07) is 8.07. The molecule has 1 aliphatic rings. The van der Waals surface area contributed by atoms with Gasteiger partial charge in [0.2, 0.25) is 5.91 Å². The van der Waals surface area contributed by atoms with E-state index in [1.807, 2.05) is 19.1 Å². The second kappa shape index (κ2) is 7.05. The van der Waals surface area contributed by atoms with Crippen LogP contribution in [0, 0.1) is 0 Å². The third-order valence-corrected chi connectivity index (χ3v) is 4.34. The van der Waals surface area contributed by atoms with Gasteiger partial charge in [-0.1, -0.05) is 19.1 Å². The first kappa shape index (κ1) is 16.0. The molecule has 0 aromatic heterocycles. The minimum absolute atomic E-state index is 0.0540. The molecule has 0 saturated heterocycles. The van der Waals surface area contributed by atoms with E-state index in [1.165, 1.54) is 18.4 Å². The quantitative estimate of drug-likeness (QED) is 0.688. The van der Waals surface area contributed by atoms with Crippen LogP contribution in [-0.4, -0.2) is 23.7 Å². The van der Waals surface area contributed by atoms with Gasteiger partial charge in [0, 0.05) is 18.2 Å². The van der Waals surface area contributed by atoms with Crippen LogP contribution in [-0.2, 0) is 10.2 Å². The van der Waals surface area contributed by atoms with Crippen molar-refractivity contribution >= 4 is 11.6 Å². The van der Waals surface area contributed by atoms with Crippen LogP contribution in [0.2, 0.25) is 0 Å². The molecule has 4 N–H and O–H groups in total. The Kier molecular flexibility index (Phi) is 5.37. The van der Waals surface area contributed by atoms with E-state index in [0.29, 0.717) is 6.42 Å². The Balaban J connectivity index is 1.94. The van der Waals surface area contributed by atoms with E-state index in [-0.39, 0.29) is 24.0 Å². The van der Waals surface area contributed by atoms with Crippen LogP contribution in [0.25, 0.3) is 0 Å². The highest BCUT2D eigenvalue weighted by Crippen LogP contribution is 2.52. The molecule has 1 saturated carbocycles. The van der Waals surface area contributed by atoms with Gasteiger partial charge in [-0.3, -0.25) is 4.79 Å². The van der Waals surface area contributed by atoms with Gasteiger partial charge < -0.3 is 16.2 Å². The van der Waals surface area contributed by atoms with Gasteiger partial charge in [-0.15, -0.1) is 0 Å². The zero-order chi connectivity index (χ0) is 15.3. The van der Waals surface area contributed by atoms with Crippen LogP contribution >= 0.6 is 0 Å². The summed E-state index contributed by atoms with van der Waals surface area (Å²) in [5.74, 6) is 0.0697. The molecule has 1 atom stereocenters. The molecule has 21 heavy (non-hydrogen) atoms. The van der Waals surface area contributed by atoms with E-state index in [9.17, 15) is 4.79 Å². The van der Waals surface area contributed by atoms with Crippen molar-refractivity contribution in [3.05, 3.63) is 29.8 Å².